The van der Waals surface area contributed by atoms with Gasteiger partial charge in [-0.3, -0.25) is 9.59 Å². The van der Waals surface area contributed by atoms with E-state index in [0.29, 0.717) is 0 Å². The molecule has 0 saturated carbocycles. The molecule has 0 aliphatic rings. The second-order valence-corrected chi connectivity index (χ2v) is 5.16. The van der Waals surface area contributed by atoms with Gasteiger partial charge >= 0.3 is 36.4 Å². The van der Waals surface area contributed by atoms with Crippen molar-refractivity contribution in [2.75, 3.05) is 19.8 Å². The molecule has 0 radical (unpaired) electrons. The number of hydrogen-bond acceptors (Lipinski definition) is 13. The van der Waals surface area contributed by atoms with Gasteiger partial charge in [0.25, 0.3) is 0 Å². The van der Waals surface area contributed by atoms with Crippen LogP contribution in [0.2, 0.25) is 0 Å². The average Bonchev–Trinajstić information content (AvgIpc) is 2.60. The third kappa shape index (κ3) is 8.55. The molecule has 13 nitrogen and oxygen atoms in total. The van der Waals surface area contributed by atoms with Crippen LogP contribution in [0.4, 0.5) is 14.4 Å². The monoisotopic (exact) mass is 422 g/mol. The van der Waals surface area contributed by atoms with Crippen molar-refractivity contribution in [3.05, 3.63) is 0 Å². The van der Waals surface area contributed by atoms with Crippen molar-refractivity contribution in [1.82, 2.24) is 0 Å². The van der Waals surface area contributed by atoms with E-state index in [9.17, 15) is 33.9 Å². The van der Waals surface area contributed by atoms with Gasteiger partial charge in [-0.15, -0.1) is 0 Å². The van der Waals surface area contributed by atoms with Crippen LogP contribution in [0.25, 0.3) is 0 Å². The summed E-state index contributed by atoms with van der Waals surface area (Å²) in [5, 5.41) is 10.6. The van der Waals surface area contributed by atoms with Crippen LogP contribution < -0.4 is 0 Å². The van der Waals surface area contributed by atoms with Gasteiger partial charge in [0.2, 0.25) is 0 Å². The minimum Gasteiger partial charge on any atom is -0.434 e. The first-order chi connectivity index (χ1) is 13.5. The number of carbonyl (C=O) groups is 6. The van der Waals surface area contributed by atoms with Crippen molar-refractivity contribution in [1.29, 1.82) is 0 Å². The van der Waals surface area contributed by atoms with Gasteiger partial charge in [-0.2, -0.15) is 0 Å². The largest absolute Gasteiger partial charge is 0.516 e. The summed E-state index contributed by atoms with van der Waals surface area (Å²) in [5.41, 5.74) is -3.07. The van der Waals surface area contributed by atoms with Crippen molar-refractivity contribution in [2.24, 2.45) is 5.92 Å². The molecule has 0 aromatic rings. The molecule has 29 heavy (non-hydrogen) atoms. The van der Waals surface area contributed by atoms with Gasteiger partial charge in [-0.1, -0.05) is 0 Å². The first kappa shape index (κ1) is 25.8. The topological polar surface area (TPSA) is 178 Å². The lowest BCUT2D eigenvalue weighted by Crippen LogP contribution is -2.52. The fraction of sp³-hybridized carbons (Fsp3) is 0.625. The molecule has 0 rings (SSSR count). The highest BCUT2D eigenvalue weighted by atomic mass is 16.8. The van der Waals surface area contributed by atoms with Gasteiger partial charge in [0, 0.05) is 0 Å². The molecule has 13 heteroatoms. The van der Waals surface area contributed by atoms with Crippen LogP contribution in [0.1, 0.15) is 34.1 Å². The molecule has 1 N–H and O–H groups in total. The lowest BCUT2D eigenvalue weighted by Gasteiger charge is -2.28. The Morgan fingerprint density at radius 1 is 0.759 bits per heavy atom. The van der Waals surface area contributed by atoms with Crippen LogP contribution in [0.5, 0.6) is 0 Å². The van der Waals surface area contributed by atoms with E-state index in [1.807, 2.05) is 0 Å². The fourth-order valence-electron chi connectivity index (χ4n) is 1.72. The standard InChI is InChI=1S/C16H22O13/c1-5-24-13(20)27-10(17)8-16(23,12(19)29-15(22)26-7-3)9(4)11(18)28-14(21)25-6-2/h9,23H,5-8H2,1-4H3. The van der Waals surface area contributed by atoms with Crippen molar-refractivity contribution < 1.29 is 62.3 Å². The summed E-state index contributed by atoms with van der Waals surface area (Å²) in [6, 6.07) is 0. The van der Waals surface area contributed by atoms with Gasteiger partial charge < -0.3 is 33.5 Å². The Morgan fingerprint density at radius 2 is 1.17 bits per heavy atom. The summed E-state index contributed by atoms with van der Waals surface area (Å²) in [6.45, 7) is 4.68. The molecule has 0 amide bonds. The maximum atomic E-state index is 12.2. The Kier molecular flexibility index (Phi) is 10.9. The predicted molar refractivity (Wildman–Crippen MR) is 88.1 cm³/mol. The predicted octanol–water partition coefficient (Wildman–Crippen LogP) is 0.843. The Labute approximate surface area is 165 Å². The number of aliphatic hydroxyl groups is 1. The highest BCUT2D eigenvalue weighted by molar-refractivity contribution is 5.97. The molecule has 0 aliphatic heterocycles. The van der Waals surface area contributed by atoms with Gasteiger partial charge in [0.1, 0.15) is 0 Å². The summed E-state index contributed by atoms with van der Waals surface area (Å²) >= 11 is 0. The Hall–Kier alpha value is -3.22. The van der Waals surface area contributed by atoms with Gasteiger partial charge in [-0.25, -0.2) is 19.2 Å². The number of esters is 3. The summed E-state index contributed by atoms with van der Waals surface area (Å²) in [6.07, 6.45) is -5.72. The van der Waals surface area contributed by atoms with Crippen molar-refractivity contribution in [2.45, 2.75) is 39.7 Å². The molecular weight excluding hydrogens is 400 g/mol. The molecule has 0 bridgehead atoms. The Bertz CT molecular complexity index is 641. The lowest BCUT2D eigenvalue weighted by atomic mass is 9.85. The molecule has 2 atom stereocenters. The summed E-state index contributed by atoms with van der Waals surface area (Å²) < 4.78 is 25.8. The van der Waals surface area contributed by atoms with Crippen molar-refractivity contribution in [3.8, 4) is 0 Å². The molecule has 0 aromatic carbocycles. The van der Waals surface area contributed by atoms with Gasteiger partial charge in [-0.05, 0) is 27.7 Å². The first-order valence-corrected chi connectivity index (χ1v) is 8.38. The summed E-state index contributed by atoms with van der Waals surface area (Å²) in [7, 11) is 0. The summed E-state index contributed by atoms with van der Waals surface area (Å²) in [5.74, 6) is -6.72. The normalized spacial score (nSPS) is 13.1. The minimum atomic E-state index is -3.07. The number of hydrogen-bond donors (Lipinski definition) is 1. The van der Waals surface area contributed by atoms with E-state index in [1.54, 1.807) is 0 Å². The van der Waals surface area contributed by atoms with Crippen molar-refractivity contribution >= 4 is 36.4 Å². The van der Waals surface area contributed by atoms with E-state index in [2.05, 4.69) is 28.4 Å². The second kappa shape index (κ2) is 12.3. The van der Waals surface area contributed by atoms with Crippen LogP contribution in [0.3, 0.4) is 0 Å². The third-order valence-corrected chi connectivity index (χ3v) is 3.18. The van der Waals surface area contributed by atoms with Crippen LogP contribution >= 0.6 is 0 Å². The van der Waals surface area contributed by atoms with E-state index in [-0.39, 0.29) is 19.8 Å². The first-order valence-electron chi connectivity index (χ1n) is 8.38. The van der Waals surface area contributed by atoms with Crippen LogP contribution in [0, 0.1) is 5.92 Å². The maximum absolute atomic E-state index is 12.2. The molecule has 0 heterocycles. The maximum Gasteiger partial charge on any atom is 0.516 e. The van der Waals surface area contributed by atoms with E-state index in [1.165, 1.54) is 20.8 Å². The molecule has 164 valence electrons. The molecule has 0 saturated heterocycles. The van der Waals surface area contributed by atoms with Crippen LogP contribution in [-0.2, 0) is 42.8 Å². The number of carbonyl (C=O) groups excluding carboxylic acids is 6. The smallest absolute Gasteiger partial charge is 0.434 e. The molecule has 2 unspecified atom stereocenters. The van der Waals surface area contributed by atoms with Crippen molar-refractivity contribution in [3.63, 3.8) is 0 Å². The number of rotatable bonds is 8. The van der Waals surface area contributed by atoms with Crippen LogP contribution in [0.15, 0.2) is 0 Å². The average molecular weight is 422 g/mol. The highest BCUT2D eigenvalue weighted by Crippen LogP contribution is 2.26. The molecule has 0 aliphatic carbocycles. The fourth-order valence-corrected chi connectivity index (χ4v) is 1.72. The zero-order chi connectivity index (χ0) is 22.6. The Morgan fingerprint density at radius 3 is 1.62 bits per heavy atom. The van der Waals surface area contributed by atoms with E-state index < -0.39 is 54.3 Å². The molecule has 0 fully saturated rings. The van der Waals surface area contributed by atoms with Crippen LogP contribution in [-0.4, -0.2) is 66.9 Å². The quantitative estimate of drug-likeness (QED) is 0.331. The number of ether oxygens (including phenoxy) is 6. The molecule has 0 spiro atoms. The molecular formula is C16H22O13. The van der Waals surface area contributed by atoms with E-state index >= 15 is 0 Å². The molecule has 0 aromatic heterocycles. The lowest BCUT2D eigenvalue weighted by molar-refractivity contribution is -0.180. The minimum absolute atomic E-state index is 0.135. The van der Waals surface area contributed by atoms with Gasteiger partial charge in [0.05, 0.1) is 32.2 Å². The Balaban J connectivity index is 5.55. The SMILES string of the molecule is CCOC(=O)OC(=O)CC(O)(C(=O)OC(=O)OCC)C(C)C(=O)OC(=O)OCC. The third-order valence-electron chi connectivity index (χ3n) is 3.18. The zero-order valence-electron chi connectivity index (χ0n) is 16.3. The highest BCUT2D eigenvalue weighted by Gasteiger charge is 2.51. The van der Waals surface area contributed by atoms with E-state index in [4.69, 9.17) is 0 Å². The zero-order valence-corrected chi connectivity index (χ0v) is 16.3. The second-order valence-electron chi connectivity index (χ2n) is 5.16. The van der Waals surface area contributed by atoms with Gasteiger partial charge in [0.15, 0.2) is 5.60 Å². The van der Waals surface area contributed by atoms with E-state index in [0.717, 1.165) is 6.92 Å². The summed E-state index contributed by atoms with van der Waals surface area (Å²) in [4.78, 5) is 70.0.